The lowest BCUT2D eigenvalue weighted by Gasteiger charge is -2.21. The molecule has 2 amide bonds. The van der Waals surface area contributed by atoms with Crippen molar-refractivity contribution < 1.29 is 14.8 Å². The molecule has 0 saturated carbocycles. The van der Waals surface area contributed by atoms with Crippen LogP contribution >= 0.6 is 0 Å². The van der Waals surface area contributed by atoms with Crippen LogP contribution in [0.3, 0.4) is 0 Å². The van der Waals surface area contributed by atoms with Crippen molar-refractivity contribution in [3.8, 4) is 0 Å². The van der Waals surface area contributed by atoms with E-state index in [2.05, 4.69) is 10.2 Å². The molecule has 1 unspecified atom stereocenters. The van der Waals surface area contributed by atoms with Gasteiger partial charge in [-0.3, -0.25) is 14.8 Å². The smallest absolute Gasteiger partial charge is 0.267 e. The number of benzene rings is 2. The highest BCUT2D eigenvalue weighted by atomic mass is 16.5. The fourth-order valence-corrected chi connectivity index (χ4v) is 3.07. The number of hydrogen-bond donors (Lipinski definition) is 3. The first-order valence-electron chi connectivity index (χ1n) is 8.49. The van der Waals surface area contributed by atoms with Gasteiger partial charge in [0.2, 0.25) is 0 Å². The van der Waals surface area contributed by atoms with Crippen LogP contribution in [0.25, 0.3) is 6.08 Å². The molecule has 0 spiro atoms. The SMILES string of the molecule is O=C(/C=C/c1ccccc1N1CCC(NC(=O)c2ccccc2)C1)NO. The summed E-state index contributed by atoms with van der Waals surface area (Å²) in [7, 11) is 0. The second-order valence-electron chi connectivity index (χ2n) is 6.14. The number of rotatable bonds is 5. The molecule has 26 heavy (non-hydrogen) atoms. The molecule has 1 atom stereocenters. The minimum absolute atomic E-state index is 0.0646. The standard InChI is InChI=1S/C20H21N3O3/c24-19(22-26)11-10-15-6-4-5-9-18(15)23-13-12-17(14-23)21-20(25)16-7-2-1-3-8-16/h1-11,17,26H,12-14H2,(H,21,25)(H,22,24)/b11-10+. The van der Waals surface area contributed by atoms with Gasteiger partial charge in [-0.25, -0.2) is 5.48 Å². The quantitative estimate of drug-likeness (QED) is 0.438. The molecule has 0 aliphatic carbocycles. The van der Waals surface area contributed by atoms with E-state index in [1.165, 1.54) is 6.08 Å². The highest BCUT2D eigenvalue weighted by Crippen LogP contribution is 2.25. The van der Waals surface area contributed by atoms with Crippen molar-refractivity contribution in [2.24, 2.45) is 0 Å². The summed E-state index contributed by atoms with van der Waals surface area (Å²) in [6.07, 6.45) is 3.80. The van der Waals surface area contributed by atoms with Crippen molar-refractivity contribution in [2.45, 2.75) is 12.5 Å². The van der Waals surface area contributed by atoms with Gasteiger partial charge in [-0.2, -0.15) is 0 Å². The molecule has 6 heteroatoms. The van der Waals surface area contributed by atoms with Gasteiger partial charge in [-0.1, -0.05) is 36.4 Å². The molecular formula is C20H21N3O3. The number of nitrogens with zero attached hydrogens (tertiary/aromatic N) is 1. The predicted molar refractivity (Wildman–Crippen MR) is 99.9 cm³/mol. The molecule has 2 aromatic rings. The largest absolute Gasteiger partial charge is 0.369 e. The molecular weight excluding hydrogens is 330 g/mol. The molecule has 1 saturated heterocycles. The second-order valence-corrected chi connectivity index (χ2v) is 6.14. The van der Waals surface area contributed by atoms with Crippen LogP contribution in [0.4, 0.5) is 5.69 Å². The minimum Gasteiger partial charge on any atom is -0.369 e. The molecule has 3 rings (SSSR count). The number of para-hydroxylation sites is 1. The molecule has 1 aliphatic rings. The highest BCUT2D eigenvalue weighted by molar-refractivity contribution is 5.94. The second kappa shape index (κ2) is 8.31. The van der Waals surface area contributed by atoms with Crippen LogP contribution in [0.15, 0.2) is 60.7 Å². The van der Waals surface area contributed by atoms with Crippen LogP contribution in [0.5, 0.6) is 0 Å². The van der Waals surface area contributed by atoms with Crippen LogP contribution in [0.1, 0.15) is 22.3 Å². The van der Waals surface area contributed by atoms with E-state index < -0.39 is 5.91 Å². The van der Waals surface area contributed by atoms with Gasteiger partial charge < -0.3 is 10.2 Å². The number of nitrogens with one attached hydrogen (secondary N) is 2. The first-order chi connectivity index (χ1) is 12.7. The Bertz CT molecular complexity index is 805. The molecule has 134 valence electrons. The third-order valence-corrected chi connectivity index (χ3v) is 4.36. The van der Waals surface area contributed by atoms with E-state index in [1.54, 1.807) is 23.7 Å². The average Bonchev–Trinajstić information content (AvgIpc) is 3.15. The van der Waals surface area contributed by atoms with E-state index in [0.29, 0.717) is 12.1 Å². The monoisotopic (exact) mass is 351 g/mol. The Balaban J connectivity index is 1.66. The molecule has 0 bridgehead atoms. The zero-order valence-corrected chi connectivity index (χ0v) is 14.3. The number of carbonyl (C=O) groups excluding carboxylic acids is 2. The summed E-state index contributed by atoms with van der Waals surface area (Å²) in [5, 5.41) is 11.7. The summed E-state index contributed by atoms with van der Waals surface area (Å²) in [6.45, 7) is 1.52. The predicted octanol–water partition coefficient (Wildman–Crippen LogP) is 2.21. The summed E-state index contributed by atoms with van der Waals surface area (Å²) in [5.74, 6) is -0.639. The van der Waals surface area contributed by atoms with Gasteiger partial charge in [0, 0.05) is 36.5 Å². The maximum atomic E-state index is 12.3. The number of carbonyl (C=O) groups is 2. The molecule has 0 radical (unpaired) electrons. The maximum absolute atomic E-state index is 12.3. The van der Waals surface area contributed by atoms with E-state index in [-0.39, 0.29) is 11.9 Å². The molecule has 1 heterocycles. The van der Waals surface area contributed by atoms with Gasteiger partial charge in [0.15, 0.2) is 0 Å². The Morgan fingerprint density at radius 1 is 1.08 bits per heavy atom. The lowest BCUT2D eigenvalue weighted by Crippen LogP contribution is -2.37. The van der Waals surface area contributed by atoms with Crippen molar-refractivity contribution in [3.05, 3.63) is 71.8 Å². The average molecular weight is 351 g/mol. The zero-order valence-electron chi connectivity index (χ0n) is 14.3. The van der Waals surface area contributed by atoms with Gasteiger partial charge in [-0.05, 0) is 36.3 Å². The third kappa shape index (κ3) is 4.29. The molecule has 0 aromatic heterocycles. The van der Waals surface area contributed by atoms with Gasteiger partial charge in [0.05, 0.1) is 0 Å². The van der Waals surface area contributed by atoms with Crippen LogP contribution in [-0.2, 0) is 4.79 Å². The lowest BCUT2D eigenvalue weighted by atomic mass is 10.1. The Hall–Kier alpha value is -3.12. The molecule has 6 nitrogen and oxygen atoms in total. The van der Waals surface area contributed by atoms with E-state index >= 15 is 0 Å². The van der Waals surface area contributed by atoms with E-state index in [1.807, 2.05) is 42.5 Å². The van der Waals surface area contributed by atoms with Crippen molar-refractivity contribution in [1.82, 2.24) is 10.8 Å². The van der Waals surface area contributed by atoms with Gasteiger partial charge in [-0.15, -0.1) is 0 Å². The van der Waals surface area contributed by atoms with E-state index in [4.69, 9.17) is 5.21 Å². The maximum Gasteiger partial charge on any atom is 0.267 e. The highest BCUT2D eigenvalue weighted by Gasteiger charge is 2.25. The normalized spacial score (nSPS) is 16.7. The Kier molecular flexibility index (Phi) is 5.66. The van der Waals surface area contributed by atoms with E-state index in [9.17, 15) is 9.59 Å². The lowest BCUT2D eigenvalue weighted by molar-refractivity contribution is -0.124. The summed E-state index contributed by atoms with van der Waals surface area (Å²) >= 11 is 0. The Morgan fingerprint density at radius 3 is 2.58 bits per heavy atom. The summed E-state index contributed by atoms with van der Waals surface area (Å²) < 4.78 is 0. The number of anilines is 1. The van der Waals surface area contributed by atoms with Crippen molar-refractivity contribution in [3.63, 3.8) is 0 Å². The van der Waals surface area contributed by atoms with Crippen molar-refractivity contribution in [1.29, 1.82) is 0 Å². The van der Waals surface area contributed by atoms with Crippen LogP contribution in [0.2, 0.25) is 0 Å². The number of amides is 2. The summed E-state index contributed by atoms with van der Waals surface area (Å²) in [4.78, 5) is 25.7. The van der Waals surface area contributed by atoms with Gasteiger partial charge in [0.25, 0.3) is 11.8 Å². The number of hydroxylamine groups is 1. The fraction of sp³-hybridized carbons (Fsp3) is 0.200. The molecule has 1 aliphatic heterocycles. The third-order valence-electron chi connectivity index (χ3n) is 4.36. The Morgan fingerprint density at radius 2 is 1.81 bits per heavy atom. The summed E-state index contributed by atoms with van der Waals surface area (Å²) in [5.41, 5.74) is 4.11. The van der Waals surface area contributed by atoms with Crippen LogP contribution < -0.4 is 15.7 Å². The minimum atomic E-state index is -0.575. The molecule has 3 N–H and O–H groups in total. The molecule has 1 fully saturated rings. The number of hydrogen-bond acceptors (Lipinski definition) is 4. The van der Waals surface area contributed by atoms with Gasteiger partial charge in [0.1, 0.15) is 0 Å². The molecule has 2 aromatic carbocycles. The van der Waals surface area contributed by atoms with Crippen molar-refractivity contribution in [2.75, 3.05) is 18.0 Å². The fourth-order valence-electron chi connectivity index (χ4n) is 3.07. The zero-order chi connectivity index (χ0) is 18.4. The first-order valence-corrected chi connectivity index (χ1v) is 8.49. The van der Waals surface area contributed by atoms with E-state index in [0.717, 1.165) is 24.2 Å². The van der Waals surface area contributed by atoms with Crippen molar-refractivity contribution >= 4 is 23.6 Å². The van der Waals surface area contributed by atoms with Crippen LogP contribution in [-0.4, -0.2) is 36.2 Å². The topological polar surface area (TPSA) is 81.7 Å². The summed E-state index contributed by atoms with van der Waals surface area (Å²) in [6, 6.07) is 17.0. The Labute approximate surface area is 152 Å². The first kappa shape index (κ1) is 17.7. The van der Waals surface area contributed by atoms with Crippen LogP contribution in [0, 0.1) is 0 Å². The van der Waals surface area contributed by atoms with Gasteiger partial charge >= 0.3 is 0 Å².